The van der Waals surface area contributed by atoms with Gasteiger partial charge in [-0.1, -0.05) is 12.6 Å². The molecule has 1 aliphatic heterocycles. The van der Waals surface area contributed by atoms with Gasteiger partial charge in [-0.05, 0) is 73.0 Å². The molecule has 1 saturated carbocycles. The zero-order valence-electron chi connectivity index (χ0n) is 19.8. The van der Waals surface area contributed by atoms with E-state index in [0.29, 0.717) is 29.4 Å². The molecule has 1 fully saturated rings. The van der Waals surface area contributed by atoms with Crippen molar-refractivity contribution >= 4 is 34.7 Å². The Hall–Kier alpha value is -4.79. The van der Waals surface area contributed by atoms with Crippen molar-refractivity contribution in [3.8, 4) is 11.5 Å². The van der Waals surface area contributed by atoms with Crippen LogP contribution in [0.15, 0.2) is 85.8 Å². The maximum absolute atomic E-state index is 14.6. The number of pyridine rings is 1. The molecule has 9 heteroatoms. The molecule has 2 aromatic heterocycles. The first-order valence-electron chi connectivity index (χ1n) is 11.9. The van der Waals surface area contributed by atoms with Crippen molar-refractivity contribution < 1.29 is 13.9 Å². The van der Waals surface area contributed by atoms with Gasteiger partial charge in [-0.25, -0.2) is 9.37 Å². The molecule has 184 valence electrons. The summed E-state index contributed by atoms with van der Waals surface area (Å²) >= 11 is 0. The molecule has 1 amide bonds. The van der Waals surface area contributed by atoms with Crippen LogP contribution in [-0.4, -0.2) is 27.4 Å². The van der Waals surface area contributed by atoms with Gasteiger partial charge in [-0.15, -0.1) is 0 Å². The molecule has 0 radical (unpaired) electrons. The third-order valence-corrected chi connectivity index (χ3v) is 6.62. The van der Waals surface area contributed by atoms with Gasteiger partial charge in [-0.3, -0.25) is 9.78 Å². The first-order chi connectivity index (χ1) is 18.0. The summed E-state index contributed by atoms with van der Waals surface area (Å²) in [6.07, 6.45) is 7.86. The first kappa shape index (κ1) is 22.7. The minimum Gasteiger partial charge on any atom is -0.457 e. The van der Waals surface area contributed by atoms with Gasteiger partial charge in [0.05, 0.1) is 6.20 Å². The fourth-order valence-corrected chi connectivity index (χ4v) is 4.57. The van der Waals surface area contributed by atoms with Gasteiger partial charge >= 0.3 is 0 Å². The number of halogens is 1. The zero-order chi connectivity index (χ0) is 25.4. The van der Waals surface area contributed by atoms with Gasteiger partial charge in [0, 0.05) is 41.4 Å². The zero-order valence-corrected chi connectivity index (χ0v) is 19.8. The van der Waals surface area contributed by atoms with E-state index in [1.807, 2.05) is 30.3 Å². The lowest BCUT2D eigenvalue weighted by molar-refractivity contribution is -0.114. The monoisotopic (exact) mass is 494 g/mol. The lowest BCUT2D eigenvalue weighted by atomic mass is 9.98. The summed E-state index contributed by atoms with van der Waals surface area (Å²) in [5, 5.41) is 6.12. The molecule has 37 heavy (non-hydrogen) atoms. The van der Waals surface area contributed by atoms with Crippen molar-refractivity contribution in [2.24, 2.45) is 0 Å². The van der Waals surface area contributed by atoms with E-state index in [0.717, 1.165) is 30.3 Å². The first-order valence-corrected chi connectivity index (χ1v) is 11.9. The second kappa shape index (κ2) is 9.02. The Labute approximate surface area is 212 Å². The van der Waals surface area contributed by atoms with Crippen molar-refractivity contribution in [2.75, 3.05) is 22.1 Å². The molecule has 0 bridgehead atoms. The van der Waals surface area contributed by atoms with Gasteiger partial charge in [0.15, 0.2) is 11.6 Å². The average molecular weight is 495 g/mol. The van der Waals surface area contributed by atoms with Crippen molar-refractivity contribution in [1.29, 1.82) is 0 Å². The summed E-state index contributed by atoms with van der Waals surface area (Å²) in [5.74, 6) is 0.866. The fourth-order valence-electron chi connectivity index (χ4n) is 4.57. The Morgan fingerprint density at radius 1 is 1.03 bits per heavy atom. The van der Waals surface area contributed by atoms with Crippen molar-refractivity contribution in [2.45, 2.75) is 18.3 Å². The maximum atomic E-state index is 14.6. The van der Waals surface area contributed by atoms with E-state index in [1.54, 1.807) is 41.6 Å². The number of hydrogen-bond acceptors (Lipinski definition) is 7. The molecule has 0 saturated heterocycles. The molecule has 1 spiro atoms. The summed E-state index contributed by atoms with van der Waals surface area (Å²) in [6.45, 7) is 4.28. The van der Waals surface area contributed by atoms with Gasteiger partial charge in [0.2, 0.25) is 11.9 Å². The Kier molecular flexibility index (Phi) is 5.52. The molecule has 2 aromatic carbocycles. The van der Waals surface area contributed by atoms with Gasteiger partial charge in [0.1, 0.15) is 11.5 Å². The number of fused-ring (bicyclic) bond motifs is 2. The van der Waals surface area contributed by atoms with Crippen molar-refractivity contribution in [3.05, 3.63) is 97.2 Å². The number of benzene rings is 2. The Morgan fingerprint density at radius 2 is 1.76 bits per heavy atom. The molecular weight excluding hydrogens is 471 g/mol. The van der Waals surface area contributed by atoms with E-state index < -0.39 is 5.82 Å². The number of anilines is 5. The van der Waals surface area contributed by atoms with E-state index in [9.17, 15) is 9.18 Å². The average Bonchev–Trinajstić information content (AvgIpc) is 3.63. The van der Waals surface area contributed by atoms with Crippen LogP contribution in [0.3, 0.4) is 0 Å². The van der Waals surface area contributed by atoms with Crippen LogP contribution in [0, 0.1) is 5.82 Å². The van der Waals surface area contributed by atoms with Crippen LogP contribution in [0.1, 0.15) is 18.4 Å². The van der Waals surface area contributed by atoms with Gasteiger partial charge in [0.25, 0.3) is 0 Å². The van der Waals surface area contributed by atoms with E-state index in [2.05, 4.69) is 32.2 Å². The Balaban J connectivity index is 1.19. The third kappa shape index (κ3) is 4.47. The number of hydrogen-bond donors (Lipinski definition) is 2. The summed E-state index contributed by atoms with van der Waals surface area (Å²) < 4.78 is 20.4. The lowest BCUT2D eigenvalue weighted by Gasteiger charge is -2.16. The third-order valence-electron chi connectivity index (χ3n) is 6.62. The Bertz CT molecular complexity index is 1490. The molecule has 0 unspecified atom stereocenters. The van der Waals surface area contributed by atoms with Crippen LogP contribution >= 0.6 is 0 Å². The highest BCUT2D eigenvalue weighted by Gasteiger charge is 2.52. The highest BCUT2D eigenvalue weighted by Crippen LogP contribution is 2.57. The maximum Gasteiger partial charge on any atom is 0.250 e. The number of ether oxygens (including phenoxy) is 1. The predicted octanol–water partition coefficient (Wildman–Crippen LogP) is 5.85. The quantitative estimate of drug-likeness (QED) is 0.311. The van der Waals surface area contributed by atoms with Crippen molar-refractivity contribution in [3.63, 3.8) is 0 Å². The summed E-state index contributed by atoms with van der Waals surface area (Å²) in [4.78, 5) is 26.5. The van der Waals surface area contributed by atoms with E-state index >= 15 is 0 Å². The highest BCUT2D eigenvalue weighted by atomic mass is 19.1. The van der Waals surface area contributed by atoms with E-state index in [-0.39, 0.29) is 23.1 Å². The summed E-state index contributed by atoms with van der Waals surface area (Å²) in [7, 11) is 0. The molecule has 6 rings (SSSR count). The van der Waals surface area contributed by atoms with Gasteiger partial charge < -0.3 is 20.3 Å². The number of carbonyl (C=O) groups excluding carboxylic acids is 1. The number of rotatable bonds is 7. The van der Waals surface area contributed by atoms with Crippen LogP contribution in [0.2, 0.25) is 0 Å². The number of aromatic nitrogens is 3. The van der Waals surface area contributed by atoms with Crippen molar-refractivity contribution in [1.82, 2.24) is 15.0 Å². The second-order valence-corrected chi connectivity index (χ2v) is 9.09. The molecule has 2 N–H and O–H groups in total. The number of carbonyl (C=O) groups is 1. The van der Waals surface area contributed by atoms with Crippen LogP contribution < -0.4 is 20.3 Å². The SMILES string of the molecule is C=CC(=O)N1CC2(CC2)c2ccc(Nc3nc(Nc4ccc(Oc5ccncc5)cc4)ncc3F)cc21. The largest absolute Gasteiger partial charge is 0.457 e. The molecule has 2 aliphatic rings. The lowest BCUT2D eigenvalue weighted by Crippen LogP contribution is -2.29. The van der Waals surface area contributed by atoms with Crippen LogP contribution in [0.5, 0.6) is 11.5 Å². The second-order valence-electron chi connectivity index (χ2n) is 9.09. The topological polar surface area (TPSA) is 92.3 Å². The minimum atomic E-state index is -0.593. The highest BCUT2D eigenvalue weighted by molar-refractivity contribution is 6.04. The minimum absolute atomic E-state index is 0.0239. The van der Waals surface area contributed by atoms with E-state index in [4.69, 9.17) is 4.74 Å². The number of amides is 1. The van der Waals surface area contributed by atoms with Gasteiger partial charge in [-0.2, -0.15) is 4.98 Å². The standard InChI is InChI=1S/C28H23FN6O2/c1-2-25(36)35-17-28(11-12-28)22-8-5-19(15-24(22)35)32-26-23(29)16-31-27(34-26)33-18-3-6-20(7-4-18)37-21-9-13-30-14-10-21/h2-10,13-16H,1,11-12,17H2,(H2,31,32,33,34). The smallest absolute Gasteiger partial charge is 0.250 e. The summed E-state index contributed by atoms with van der Waals surface area (Å²) in [5.41, 5.74) is 3.36. The molecule has 3 heterocycles. The number of nitrogens with one attached hydrogen (secondary N) is 2. The molecule has 0 atom stereocenters. The number of nitrogens with zero attached hydrogens (tertiary/aromatic N) is 4. The normalized spacial score (nSPS) is 14.7. The Morgan fingerprint density at radius 3 is 2.49 bits per heavy atom. The molecule has 4 aromatic rings. The summed E-state index contributed by atoms with van der Waals surface area (Å²) in [6, 6.07) is 16.5. The molecule has 1 aliphatic carbocycles. The fraction of sp³-hybridized carbons (Fsp3) is 0.143. The van der Waals surface area contributed by atoms with Crippen LogP contribution in [0.4, 0.5) is 33.2 Å². The van der Waals surface area contributed by atoms with E-state index in [1.165, 1.54) is 6.08 Å². The predicted molar refractivity (Wildman–Crippen MR) is 139 cm³/mol. The molecule has 8 nitrogen and oxygen atoms in total. The van der Waals surface area contributed by atoms with Crippen LogP contribution in [0.25, 0.3) is 0 Å². The van der Waals surface area contributed by atoms with Crippen LogP contribution in [-0.2, 0) is 10.2 Å². The molecular formula is C28H23FN6O2.